The average Bonchev–Trinajstić information content (AvgIpc) is 3.38. The van der Waals surface area contributed by atoms with Gasteiger partial charge in [0.2, 0.25) is 0 Å². The lowest BCUT2D eigenvalue weighted by Crippen LogP contribution is -2.18. The van der Waals surface area contributed by atoms with E-state index in [0.29, 0.717) is 17.7 Å². The fourth-order valence-corrected chi connectivity index (χ4v) is 3.38. The number of hydrogen-bond acceptors (Lipinski definition) is 6. The number of nitrogens with one attached hydrogen (secondary N) is 2. The molecule has 0 spiro atoms. The van der Waals surface area contributed by atoms with Gasteiger partial charge < -0.3 is 15.0 Å². The minimum atomic E-state index is 0.653. The van der Waals surface area contributed by atoms with Gasteiger partial charge in [-0.2, -0.15) is 5.26 Å². The van der Waals surface area contributed by atoms with Gasteiger partial charge in [-0.3, -0.25) is 0 Å². The van der Waals surface area contributed by atoms with Gasteiger partial charge in [0.15, 0.2) is 0 Å². The van der Waals surface area contributed by atoms with E-state index in [1.54, 1.807) is 0 Å². The SMILES string of the molecule is N#Cc1ccc2[nH]cc(CCCCNCCCOc3ccc4nonc4c3)c2c1. The summed E-state index contributed by atoms with van der Waals surface area (Å²) in [5.74, 6) is 0.784. The van der Waals surface area contributed by atoms with E-state index in [4.69, 9.17) is 10.00 Å². The highest BCUT2D eigenvalue weighted by Crippen LogP contribution is 2.21. The Morgan fingerprint density at radius 1 is 1.03 bits per heavy atom. The van der Waals surface area contributed by atoms with Gasteiger partial charge in [0.1, 0.15) is 16.8 Å². The molecule has 0 amide bonds. The molecule has 0 fully saturated rings. The third-order valence-corrected chi connectivity index (χ3v) is 4.94. The minimum Gasteiger partial charge on any atom is -0.493 e. The van der Waals surface area contributed by atoms with Crippen molar-refractivity contribution in [3.05, 3.63) is 53.7 Å². The predicted molar refractivity (Wildman–Crippen MR) is 111 cm³/mol. The monoisotopic (exact) mass is 389 g/mol. The van der Waals surface area contributed by atoms with Crippen LogP contribution in [0.5, 0.6) is 5.75 Å². The van der Waals surface area contributed by atoms with Gasteiger partial charge in [-0.05, 0) is 85.0 Å². The second-order valence-electron chi connectivity index (χ2n) is 7.01. The van der Waals surface area contributed by atoms with Crippen LogP contribution in [0.1, 0.15) is 30.4 Å². The Kier molecular flexibility index (Phi) is 6.03. The molecule has 0 aliphatic carbocycles. The molecular weight excluding hydrogens is 366 g/mol. The molecule has 7 heteroatoms. The first-order valence-electron chi connectivity index (χ1n) is 9.89. The van der Waals surface area contributed by atoms with Crippen molar-refractivity contribution >= 4 is 21.9 Å². The number of nitrogens with zero attached hydrogens (tertiary/aromatic N) is 3. The molecule has 148 valence electrons. The number of aryl methyl sites for hydroxylation is 1. The summed E-state index contributed by atoms with van der Waals surface area (Å²) >= 11 is 0. The van der Waals surface area contributed by atoms with E-state index in [0.717, 1.165) is 60.9 Å². The third kappa shape index (κ3) is 4.73. The van der Waals surface area contributed by atoms with E-state index in [-0.39, 0.29) is 0 Å². The maximum Gasteiger partial charge on any atom is 0.138 e. The molecule has 0 aliphatic rings. The molecule has 4 aromatic rings. The Bertz CT molecular complexity index is 1130. The van der Waals surface area contributed by atoms with Crippen molar-refractivity contribution in [1.82, 2.24) is 20.6 Å². The molecule has 0 bridgehead atoms. The standard InChI is InChI=1S/C22H23N5O2/c23-14-16-5-7-20-19(12-16)17(15-25-20)4-1-2-9-24-10-3-11-28-18-6-8-21-22(13-18)27-29-26-21/h5-8,12-13,15,24-25H,1-4,9-11H2. The van der Waals surface area contributed by atoms with E-state index in [2.05, 4.69) is 37.5 Å². The van der Waals surface area contributed by atoms with Gasteiger partial charge in [-0.15, -0.1) is 0 Å². The molecule has 2 heterocycles. The fraction of sp³-hybridized carbons (Fsp3) is 0.318. The molecule has 2 N–H and O–H groups in total. The lowest BCUT2D eigenvalue weighted by molar-refractivity contribution is 0.307. The summed E-state index contributed by atoms with van der Waals surface area (Å²) in [6.07, 6.45) is 6.23. The second kappa shape index (κ2) is 9.22. The van der Waals surface area contributed by atoms with Crippen LogP contribution in [0.2, 0.25) is 0 Å². The van der Waals surface area contributed by atoms with Crippen LogP contribution < -0.4 is 10.1 Å². The number of benzene rings is 2. The van der Waals surface area contributed by atoms with Crippen LogP contribution in [0, 0.1) is 11.3 Å². The largest absolute Gasteiger partial charge is 0.493 e. The van der Waals surface area contributed by atoms with Gasteiger partial charge in [0, 0.05) is 23.2 Å². The number of fused-ring (bicyclic) bond motifs is 2. The summed E-state index contributed by atoms with van der Waals surface area (Å²) in [5.41, 5.74) is 4.53. The summed E-state index contributed by atoms with van der Waals surface area (Å²) < 4.78 is 10.4. The number of nitriles is 1. The molecule has 2 aromatic heterocycles. The van der Waals surface area contributed by atoms with Crippen LogP contribution in [0.3, 0.4) is 0 Å². The summed E-state index contributed by atoms with van der Waals surface area (Å²) in [7, 11) is 0. The minimum absolute atomic E-state index is 0.653. The molecule has 0 atom stereocenters. The fourth-order valence-electron chi connectivity index (χ4n) is 3.38. The van der Waals surface area contributed by atoms with Crippen molar-refractivity contribution in [3.63, 3.8) is 0 Å². The zero-order valence-corrected chi connectivity index (χ0v) is 16.1. The third-order valence-electron chi connectivity index (χ3n) is 4.94. The lowest BCUT2D eigenvalue weighted by atomic mass is 10.1. The van der Waals surface area contributed by atoms with Crippen molar-refractivity contribution in [2.75, 3.05) is 19.7 Å². The molecule has 0 saturated heterocycles. The van der Waals surface area contributed by atoms with Gasteiger partial charge in [0.25, 0.3) is 0 Å². The maximum absolute atomic E-state index is 9.07. The quantitative estimate of drug-likeness (QED) is 0.398. The van der Waals surface area contributed by atoms with Crippen LogP contribution in [-0.4, -0.2) is 35.0 Å². The van der Waals surface area contributed by atoms with Crippen molar-refractivity contribution in [2.24, 2.45) is 0 Å². The van der Waals surface area contributed by atoms with Gasteiger partial charge in [-0.1, -0.05) is 0 Å². The van der Waals surface area contributed by atoms with E-state index in [1.165, 1.54) is 5.56 Å². The zero-order chi connectivity index (χ0) is 19.9. The number of unbranched alkanes of at least 4 members (excludes halogenated alkanes) is 1. The van der Waals surface area contributed by atoms with Gasteiger partial charge in [-0.25, -0.2) is 4.63 Å². The molecule has 0 saturated carbocycles. The van der Waals surface area contributed by atoms with Crippen molar-refractivity contribution in [3.8, 4) is 11.8 Å². The Balaban J connectivity index is 1.10. The van der Waals surface area contributed by atoms with Gasteiger partial charge >= 0.3 is 0 Å². The molecule has 29 heavy (non-hydrogen) atoms. The Morgan fingerprint density at radius 3 is 2.86 bits per heavy atom. The summed E-state index contributed by atoms with van der Waals surface area (Å²) in [6.45, 7) is 2.56. The molecule has 0 unspecified atom stereocenters. The van der Waals surface area contributed by atoms with E-state index in [9.17, 15) is 0 Å². The molecule has 0 aliphatic heterocycles. The topological polar surface area (TPSA) is 99.8 Å². The maximum atomic E-state index is 9.07. The van der Waals surface area contributed by atoms with Gasteiger partial charge in [0.05, 0.1) is 18.2 Å². The Hall–Kier alpha value is -3.37. The van der Waals surface area contributed by atoms with Crippen LogP contribution in [-0.2, 0) is 6.42 Å². The highest BCUT2D eigenvalue weighted by atomic mass is 16.6. The predicted octanol–water partition coefficient (Wildman–Crippen LogP) is 3.96. The van der Waals surface area contributed by atoms with E-state index < -0.39 is 0 Å². The Labute approximate surface area is 168 Å². The number of H-pyrrole nitrogens is 1. The number of hydrogen-bond donors (Lipinski definition) is 2. The smallest absolute Gasteiger partial charge is 0.138 e. The van der Waals surface area contributed by atoms with Crippen LogP contribution in [0.25, 0.3) is 21.9 Å². The number of aromatic amines is 1. The molecule has 2 aromatic carbocycles. The first kappa shape index (κ1) is 19.0. The van der Waals surface area contributed by atoms with Crippen molar-refractivity contribution in [2.45, 2.75) is 25.7 Å². The molecule has 7 nitrogen and oxygen atoms in total. The first-order valence-corrected chi connectivity index (χ1v) is 9.89. The van der Waals surface area contributed by atoms with Crippen LogP contribution >= 0.6 is 0 Å². The van der Waals surface area contributed by atoms with E-state index >= 15 is 0 Å². The highest BCUT2D eigenvalue weighted by molar-refractivity contribution is 5.84. The average molecular weight is 389 g/mol. The van der Waals surface area contributed by atoms with Crippen LogP contribution in [0.15, 0.2) is 47.2 Å². The Morgan fingerprint density at radius 2 is 1.93 bits per heavy atom. The normalized spacial score (nSPS) is 11.1. The second-order valence-corrected chi connectivity index (χ2v) is 7.01. The summed E-state index contributed by atoms with van der Waals surface area (Å²) in [4.78, 5) is 3.28. The number of aromatic nitrogens is 3. The lowest BCUT2D eigenvalue weighted by Gasteiger charge is -2.07. The van der Waals surface area contributed by atoms with Crippen molar-refractivity contribution < 1.29 is 9.37 Å². The molecular formula is C22H23N5O2. The van der Waals surface area contributed by atoms with Crippen LogP contribution in [0.4, 0.5) is 0 Å². The zero-order valence-electron chi connectivity index (χ0n) is 16.1. The van der Waals surface area contributed by atoms with E-state index in [1.807, 2.05) is 36.4 Å². The summed E-state index contributed by atoms with van der Waals surface area (Å²) in [6, 6.07) is 13.6. The number of rotatable bonds is 10. The number of ether oxygens (including phenoxy) is 1. The first-order chi connectivity index (χ1) is 14.3. The molecule has 4 rings (SSSR count). The van der Waals surface area contributed by atoms with Crippen molar-refractivity contribution in [1.29, 1.82) is 5.26 Å². The molecule has 0 radical (unpaired) electrons. The highest BCUT2D eigenvalue weighted by Gasteiger charge is 2.05. The summed E-state index contributed by atoms with van der Waals surface area (Å²) in [5, 5.41) is 21.3.